The number of rotatable bonds is 6. The lowest BCUT2D eigenvalue weighted by atomic mass is 9.95. The average Bonchev–Trinajstić information content (AvgIpc) is 3.25. The van der Waals surface area contributed by atoms with Gasteiger partial charge in [0.25, 0.3) is 0 Å². The molecule has 0 radical (unpaired) electrons. The van der Waals surface area contributed by atoms with Crippen molar-refractivity contribution < 1.29 is 18.7 Å². The fourth-order valence-corrected chi connectivity index (χ4v) is 5.93. The third kappa shape index (κ3) is 6.39. The van der Waals surface area contributed by atoms with Crippen molar-refractivity contribution in [3.63, 3.8) is 0 Å². The average molecular weight is 544 g/mol. The molecule has 206 valence electrons. The first-order chi connectivity index (χ1) is 17.9. The molecule has 10 heteroatoms. The molecule has 8 nitrogen and oxygen atoms in total. The van der Waals surface area contributed by atoms with Crippen molar-refractivity contribution in [1.29, 1.82) is 0 Å². The van der Waals surface area contributed by atoms with Gasteiger partial charge in [0.2, 0.25) is 5.91 Å². The maximum atomic E-state index is 13.9. The second-order valence-electron chi connectivity index (χ2n) is 11.2. The number of piperazine rings is 1. The zero-order valence-electron chi connectivity index (χ0n) is 23.1. The zero-order chi connectivity index (χ0) is 27.6. The van der Waals surface area contributed by atoms with E-state index in [4.69, 9.17) is 4.74 Å². The molecule has 1 fully saturated rings. The summed E-state index contributed by atoms with van der Waals surface area (Å²) in [6.07, 6.45) is 1.16. The Kier molecular flexibility index (Phi) is 8.49. The van der Waals surface area contributed by atoms with E-state index in [2.05, 4.69) is 21.8 Å². The highest BCUT2D eigenvalue weighted by atomic mass is 32.2. The summed E-state index contributed by atoms with van der Waals surface area (Å²) in [5.41, 5.74) is 2.31. The normalized spacial score (nSPS) is 18.4. The van der Waals surface area contributed by atoms with Gasteiger partial charge in [-0.2, -0.15) is 0 Å². The van der Waals surface area contributed by atoms with Crippen LogP contribution in [0.5, 0.6) is 0 Å². The number of amides is 2. The van der Waals surface area contributed by atoms with E-state index in [9.17, 15) is 14.0 Å². The van der Waals surface area contributed by atoms with Crippen molar-refractivity contribution in [2.45, 2.75) is 70.1 Å². The molecule has 0 N–H and O–H groups in total. The Morgan fingerprint density at radius 2 is 1.79 bits per heavy atom. The van der Waals surface area contributed by atoms with Crippen LogP contribution in [-0.4, -0.2) is 76.1 Å². The summed E-state index contributed by atoms with van der Waals surface area (Å²) in [5.74, 6) is 0.768. The smallest absolute Gasteiger partial charge is 0.410 e. The van der Waals surface area contributed by atoms with Crippen LogP contribution in [-0.2, 0) is 15.3 Å². The van der Waals surface area contributed by atoms with E-state index in [1.807, 2.05) is 51.3 Å². The van der Waals surface area contributed by atoms with Gasteiger partial charge in [-0.1, -0.05) is 12.1 Å². The van der Waals surface area contributed by atoms with Crippen LogP contribution in [0.15, 0.2) is 30.6 Å². The van der Waals surface area contributed by atoms with Crippen LogP contribution in [0.1, 0.15) is 69.5 Å². The monoisotopic (exact) mass is 543 g/mol. The summed E-state index contributed by atoms with van der Waals surface area (Å²) in [5, 5.41) is 0.346. The Morgan fingerprint density at radius 1 is 1.13 bits per heavy atom. The molecule has 0 bridgehead atoms. The van der Waals surface area contributed by atoms with E-state index in [1.165, 1.54) is 17.7 Å². The minimum Gasteiger partial charge on any atom is -0.444 e. The fraction of sp³-hybridized carbons (Fsp3) is 0.571. The maximum absolute atomic E-state index is 13.9. The van der Waals surface area contributed by atoms with E-state index in [0.717, 1.165) is 17.3 Å². The number of fused-ring (bicyclic) bond motifs is 1. The standard InChI is InChI=1S/C28H38FN5O3S/c1-18(2)34(27(36)37-28(4,5)6)15-22(20-7-9-21(29)10-8-20)26(35)33-13-11-32(12-14-33)25-24-19(3)38-16-23(24)30-17-31-25/h7-10,17-19,22H,11-16H2,1-6H3/t19-,22?/m0/s1. The summed E-state index contributed by atoms with van der Waals surface area (Å²) in [4.78, 5) is 41.7. The van der Waals surface area contributed by atoms with Crippen molar-refractivity contribution >= 4 is 29.6 Å². The molecule has 2 aliphatic rings. The van der Waals surface area contributed by atoms with Crippen molar-refractivity contribution in [3.8, 4) is 0 Å². The Morgan fingerprint density at radius 3 is 2.39 bits per heavy atom. The van der Waals surface area contributed by atoms with Crippen LogP contribution >= 0.6 is 11.8 Å². The highest BCUT2D eigenvalue weighted by Gasteiger charge is 2.35. The zero-order valence-corrected chi connectivity index (χ0v) is 23.9. The predicted octanol–water partition coefficient (Wildman–Crippen LogP) is 5.00. The molecule has 2 atom stereocenters. The van der Waals surface area contributed by atoms with E-state index < -0.39 is 17.6 Å². The molecule has 1 aromatic carbocycles. The van der Waals surface area contributed by atoms with Crippen LogP contribution in [0.3, 0.4) is 0 Å². The van der Waals surface area contributed by atoms with E-state index in [0.29, 0.717) is 37.0 Å². The van der Waals surface area contributed by atoms with Gasteiger partial charge in [0.05, 0.1) is 11.6 Å². The lowest BCUT2D eigenvalue weighted by molar-refractivity contribution is -0.133. The fourth-order valence-electron chi connectivity index (χ4n) is 4.89. The molecular weight excluding hydrogens is 505 g/mol. The summed E-state index contributed by atoms with van der Waals surface area (Å²) in [6.45, 7) is 13.9. The molecule has 1 unspecified atom stereocenters. The number of hydrogen-bond acceptors (Lipinski definition) is 7. The third-order valence-electron chi connectivity index (χ3n) is 6.91. The second-order valence-corrected chi connectivity index (χ2v) is 12.5. The van der Waals surface area contributed by atoms with Gasteiger partial charge in [0.1, 0.15) is 23.6 Å². The molecule has 4 rings (SSSR count). The molecule has 0 spiro atoms. The van der Waals surface area contributed by atoms with Gasteiger partial charge in [-0.15, -0.1) is 11.8 Å². The number of ether oxygens (including phenoxy) is 1. The van der Waals surface area contributed by atoms with Crippen LogP contribution < -0.4 is 4.90 Å². The molecule has 2 aromatic rings. The first-order valence-electron chi connectivity index (χ1n) is 13.2. The van der Waals surface area contributed by atoms with Gasteiger partial charge >= 0.3 is 6.09 Å². The van der Waals surface area contributed by atoms with Gasteiger partial charge in [-0.3, -0.25) is 4.79 Å². The summed E-state index contributed by atoms with van der Waals surface area (Å²) in [7, 11) is 0. The lowest BCUT2D eigenvalue weighted by Crippen LogP contribution is -2.52. The Balaban J connectivity index is 1.52. The highest BCUT2D eigenvalue weighted by Crippen LogP contribution is 2.44. The molecule has 2 aliphatic heterocycles. The minimum absolute atomic E-state index is 0.0812. The molecule has 0 saturated carbocycles. The topological polar surface area (TPSA) is 78.9 Å². The van der Waals surface area contributed by atoms with E-state index >= 15 is 0 Å². The van der Waals surface area contributed by atoms with Gasteiger partial charge in [-0.25, -0.2) is 19.2 Å². The second kappa shape index (κ2) is 11.5. The molecule has 3 heterocycles. The summed E-state index contributed by atoms with van der Waals surface area (Å²) >= 11 is 1.86. The molecule has 1 aromatic heterocycles. The molecule has 0 aliphatic carbocycles. The number of halogens is 1. The maximum Gasteiger partial charge on any atom is 0.410 e. The van der Waals surface area contributed by atoms with Gasteiger partial charge < -0.3 is 19.4 Å². The number of carbonyl (C=O) groups is 2. The Bertz CT molecular complexity index is 1150. The molecule has 1 saturated heterocycles. The first kappa shape index (κ1) is 28.1. The number of nitrogens with zero attached hydrogens (tertiary/aromatic N) is 5. The van der Waals surface area contributed by atoms with Gasteiger partial charge in [0.15, 0.2) is 0 Å². The van der Waals surface area contributed by atoms with Gasteiger partial charge in [0, 0.05) is 55.3 Å². The van der Waals surface area contributed by atoms with Crippen LogP contribution in [0.2, 0.25) is 0 Å². The predicted molar refractivity (Wildman–Crippen MR) is 148 cm³/mol. The Labute approximate surface area is 228 Å². The number of thioether (sulfide) groups is 1. The van der Waals surface area contributed by atoms with E-state index in [-0.39, 0.29) is 24.3 Å². The summed E-state index contributed by atoms with van der Waals surface area (Å²) in [6, 6.07) is 5.79. The molecular formula is C28H38FN5O3S. The quantitative estimate of drug-likeness (QED) is 0.507. The highest BCUT2D eigenvalue weighted by molar-refractivity contribution is 7.99. The third-order valence-corrected chi connectivity index (χ3v) is 8.09. The molecule has 38 heavy (non-hydrogen) atoms. The van der Waals surface area contributed by atoms with Crippen LogP contribution in [0, 0.1) is 5.82 Å². The number of carbonyl (C=O) groups excluding carboxylic acids is 2. The number of anilines is 1. The Hall–Kier alpha value is -2.88. The number of benzene rings is 1. The van der Waals surface area contributed by atoms with Crippen molar-refractivity contribution in [1.82, 2.24) is 19.8 Å². The van der Waals surface area contributed by atoms with Crippen molar-refractivity contribution in [2.75, 3.05) is 37.6 Å². The van der Waals surface area contributed by atoms with Crippen molar-refractivity contribution in [2.24, 2.45) is 0 Å². The van der Waals surface area contributed by atoms with Crippen LogP contribution in [0.4, 0.5) is 15.0 Å². The SMILES string of the molecule is CC(C)N(CC(C(=O)N1CCN(c2ncnc3c2[C@H](C)SC3)CC1)c1ccc(F)cc1)C(=O)OC(C)(C)C. The lowest BCUT2D eigenvalue weighted by Gasteiger charge is -2.39. The first-order valence-corrected chi connectivity index (χ1v) is 14.2. The molecule has 2 amide bonds. The largest absolute Gasteiger partial charge is 0.444 e. The van der Waals surface area contributed by atoms with Crippen molar-refractivity contribution in [3.05, 3.63) is 53.2 Å². The van der Waals surface area contributed by atoms with Gasteiger partial charge in [-0.05, 0) is 59.2 Å². The van der Waals surface area contributed by atoms with E-state index in [1.54, 1.807) is 23.4 Å². The minimum atomic E-state index is -0.660. The number of aromatic nitrogens is 2. The summed E-state index contributed by atoms with van der Waals surface area (Å²) < 4.78 is 19.4. The number of hydrogen-bond donors (Lipinski definition) is 0. The van der Waals surface area contributed by atoms with Crippen LogP contribution in [0.25, 0.3) is 0 Å².